The molecule has 0 atom stereocenters. The molecule has 0 unspecified atom stereocenters. The molecule has 3 rings (SSSR count). The molecule has 7 heteroatoms. The Balaban J connectivity index is 1.92. The van der Waals surface area contributed by atoms with E-state index in [0.29, 0.717) is 30.4 Å². The Bertz CT molecular complexity index is 830. The maximum atomic E-state index is 12.7. The highest BCUT2D eigenvalue weighted by atomic mass is 16.5. The largest absolute Gasteiger partial charge is 0.381 e. The lowest BCUT2D eigenvalue weighted by atomic mass is 9.94. The zero-order valence-electron chi connectivity index (χ0n) is 18.3. The Morgan fingerprint density at radius 3 is 2.45 bits per heavy atom. The quantitative estimate of drug-likeness (QED) is 0.743. The van der Waals surface area contributed by atoms with E-state index in [1.807, 2.05) is 13.8 Å². The van der Waals surface area contributed by atoms with Crippen molar-refractivity contribution in [2.45, 2.75) is 59.4 Å². The summed E-state index contributed by atoms with van der Waals surface area (Å²) in [5.74, 6) is 1.52. The van der Waals surface area contributed by atoms with E-state index >= 15 is 0 Å². The summed E-state index contributed by atoms with van der Waals surface area (Å²) < 4.78 is 7.76. The van der Waals surface area contributed by atoms with Gasteiger partial charge in [0.1, 0.15) is 22.9 Å². The lowest BCUT2D eigenvalue weighted by molar-refractivity contribution is 0.0607. The van der Waals surface area contributed by atoms with Gasteiger partial charge in [-0.1, -0.05) is 20.8 Å². The zero-order valence-corrected chi connectivity index (χ0v) is 18.3. The SMILES string of the molecule is CCN(CC)C(=O)c1cncc(-c2cn(CC3CCOCC3)c(C(C)(C)C)n2)n1. The molecule has 0 aliphatic carbocycles. The lowest BCUT2D eigenvalue weighted by Crippen LogP contribution is -2.31. The molecule has 2 aromatic rings. The van der Waals surface area contributed by atoms with Gasteiger partial charge >= 0.3 is 0 Å². The van der Waals surface area contributed by atoms with Crippen LogP contribution in [-0.2, 0) is 16.7 Å². The molecule has 0 spiro atoms. The summed E-state index contributed by atoms with van der Waals surface area (Å²) in [6, 6.07) is 0. The summed E-state index contributed by atoms with van der Waals surface area (Å²) in [4.78, 5) is 28.2. The van der Waals surface area contributed by atoms with E-state index in [1.54, 1.807) is 11.1 Å². The van der Waals surface area contributed by atoms with Crippen LogP contribution >= 0.6 is 0 Å². The molecule has 1 saturated heterocycles. The van der Waals surface area contributed by atoms with Gasteiger partial charge in [0, 0.05) is 44.5 Å². The Kier molecular flexibility index (Phi) is 6.67. The molecule has 0 saturated carbocycles. The molecule has 3 heterocycles. The number of hydrogen-bond donors (Lipinski definition) is 0. The molecule has 0 aromatic carbocycles. The molecular formula is C22H33N5O2. The second-order valence-corrected chi connectivity index (χ2v) is 8.67. The van der Waals surface area contributed by atoms with Gasteiger partial charge in [0.15, 0.2) is 0 Å². The maximum Gasteiger partial charge on any atom is 0.274 e. The van der Waals surface area contributed by atoms with Crippen LogP contribution in [-0.4, -0.2) is 56.6 Å². The van der Waals surface area contributed by atoms with Crippen molar-refractivity contribution in [2.24, 2.45) is 5.92 Å². The van der Waals surface area contributed by atoms with Crippen molar-refractivity contribution in [1.29, 1.82) is 0 Å². The first kappa shape index (κ1) is 21.4. The van der Waals surface area contributed by atoms with Crippen molar-refractivity contribution in [2.75, 3.05) is 26.3 Å². The van der Waals surface area contributed by atoms with Crippen LogP contribution in [0.15, 0.2) is 18.6 Å². The first-order valence-corrected chi connectivity index (χ1v) is 10.6. The minimum atomic E-state index is -0.0953. The number of rotatable bonds is 6. The highest BCUT2D eigenvalue weighted by Gasteiger charge is 2.25. The van der Waals surface area contributed by atoms with E-state index in [-0.39, 0.29) is 11.3 Å². The minimum Gasteiger partial charge on any atom is -0.381 e. The predicted octanol–water partition coefficient (Wildman–Crippen LogP) is 3.55. The van der Waals surface area contributed by atoms with Crippen molar-refractivity contribution in [1.82, 2.24) is 24.4 Å². The second kappa shape index (κ2) is 9.03. The molecule has 1 fully saturated rings. The molecule has 0 radical (unpaired) electrons. The van der Waals surface area contributed by atoms with Gasteiger partial charge in [-0.15, -0.1) is 0 Å². The zero-order chi connectivity index (χ0) is 21.0. The summed E-state index contributed by atoms with van der Waals surface area (Å²) in [5.41, 5.74) is 1.68. The van der Waals surface area contributed by atoms with E-state index in [9.17, 15) is 4.79 Å². The predicted molar refractivity (Wildman–Crippen MR) is 113 cm³/mol. The normalized spacial score (nSPS) is 15.5. The number of imidazole rings is 1. The summed E-state index contributed by atoms with van der Waals surface area (Å²) >= 11 is 0. The third-order valence-corrected chi connectivity index (χ3v) is 5.41. The van der Waals surface area contributed by atoms with Gasteiger partial charge in [-0.3, -0.25) is 9.78 Å². The van der Waals surface area contributed by atoms with Crippen LogP contribution in [0.2, 0.25) is 0 Å². The summed E-state index contributed by atoms with van der Waals surface area (Å²) in [6.07, 6.45) is 7.43. The van der Waals surface area contributed by atoms with Crippen molar-refractivity contribution in [3.63, 3.8) is 0 Å². The molecule has 1 amide bonds. The number of nitrogens with zero attached hydrogens (tertiary/aromatic N) is 5. The minimum absolute atomic E-state index is 0.0918. The second-order valence-electron chi connectivity index (χ2n) is 8.67. The fourth-order valence-corrected chi connectivity index (χ4v) is 3.75. The number of carbonyl (C=O) groups is 1. The van der Waals surface area contributed by atoms with E-state index < -0.39 is 0 Å². The number of amides is 1. The fourth-order valence-electron chi connectivity index (χ4n) is 3.75. The Morgan fingerprint density at radius 1 is 1.14 bits per heavy atom. The molecule has 29 heavy (non-hydrogen) atoms. The summed E-state index contributed by atoms with van der Waals surface area (Å²) in [7, 11) is 0. The third-order valence-electron chi connectivity index (χ3n) is 5.41. The molecular weight excluding hydrogens is 366 g/mol. The average Bonchev–Trinajstić information content (AvgIpc) is 3.14. The first-order valence-electron chi connectivity index (χ1n) is 10.6. The van der Waals surface area contributed by atoms with E-state index in [4.69, 9.17) is 9.72 Å². The van der Waals surface area contributed by atoms with Crippen LogP contribution in [0.1, 0.15) is 63.8 Å². The monoisotopic (exact) mass is 399 g/mol. The van der Waals surface area contributed by atoms with Gasteiger partial charge in [0.25, 0.3) is 5.91 Å². The number of carbonyl (C=O) groups excluding carboxylic acids is 1. The van der Waals surface area contributed by atoms with Crippen LogP contribution in [0.5, 0.6) is 0 Å². The highest BCUT2D eigenvalue weighted by Crippen LogP contribution is 2.28. The van der Waals surface area contributed by atoms with Crippen LogP contribution in [0.4, 0.5) is 0 Å². The van der Waals surface area contributed by atoms with Gasteiger partial charge in [0.2, 0.25) is 0 Å². The Labute approximate surface area is 173 Å². The molecule has 1 aliphatic rings. The van der Waals surface area contributed by atoms with Gasteiger partial charge < -0.3 is 14.2 Å². The topological polar surface area (TPSA) is 73.1 Å². The summed E-state index contributed by atoms with van der Waals surface area (Å²) in [6.45, 7) is 14.3. The van der Waals surface area contributed by atoms with Gasteiger partial charge in [0.05, 0.1) is 12.4 Å². The van der Waals surface area contributed by atoms with Crippen LogP contribution < -0.4 is 0 Å². The van der Waals surface area contributed by atoms with Gasteiger partial charge in [-0.25, -0.2) is 9.97 Å². The molecule has 2 aromatic heterocycles. The van der Waals surface area contributed by atoms with Crippen molar-refractivity contribution >= 4 is 5.91 Å². The fraction of sp³-hybridized carbons (Fsp3) is 0.636. The smallest absolute Gasteiger partial charge is 0.274 e. The van der Waals surface area contributed by atoms with Gasteiger partial charge in [-0.05, 0) is 32.6 Å². The molecule has 158 valence electrons. The molecule has 0 bridgehead atoms. The lowest BCUT2D eigenvalue weighted by Gasteiger charge is -2.25. The van der Waals surface area contributed by atoms with Crippen LogP contribution in [0.3, 0.4) is 0 Å². The van der Waals surface area contributed by atoms with E-state index in [1.165, 1.54) is 6.20 Å². The summed E-state index contributed by atoms with van der Waals surface area (Å²) in [5, 5.41) is 0. The van der Waals surface area contributed by atoms with Crippen molar-refractivity contribution in [3.8, 4) is 11.4 Å². The molecule has 1 aliphatic heterocycles. The van der Waals surface area contributed by atoms with E-state index in [0.717, 1.165) is 44.1 Å². The number of aromatic nitrogens is 4. The standard InChI is InChI=1S/C22H33N5O2/c1-6-26(7-2)20(28)18-13-23-12-17(24-18)19-15-27(21(25-19)22(3,4)5)14-16-8-10-29-11-9-16/h12-13,15-16H,6-11,14H2,1-5H3. The van der Waals surface area contributed by atoms with Crippen molar-refractivity contribution in [3.05, 3.63) is 30.1 Å². The molecule has 0 N–H and O–H groups in total. The number of ether oxygens (including phenoxy) is 1. The van der Waals surface area contributed by atoms with Gasteiger partial charge in [-0.2, -0.15) is 0 Å². The average molecular weight is 400 g/mol. The third kappa shape index (κ3) is 5.01. The van der Waals surface area contributed by atoms with Crippen molar-refractivity contribution < 1.29 is 9.53 Å². The van der Waals surface area contributed by atoms with E-state index in [2.05, 4.69) is 41.5 Å². The molecule has 7 nitrogen and oxygen atoms in total. The van der Waals surface area contributed by atoms with Crippen LogP contribution in [0, 0.1) is 5.92 Å². The maximum absolute atomic E-state index is 12.7. The highest BCUT2D eigenvalue weighted by molar-refractivity contribution is 5.92. The van der Waals surface area contributed by atoms with Crippen LogP contribution in [0.25, 0.3) is 11.4 Å². The Morgan fingerprint density at radius 2 is 1.83 bits per heavy atom. The Hall–Kier alpha value is -2.28. The first-order chi connectivity index (χ1) is 13.8. The number of hydrogen-bond acceptors (Lipinski definition) is 5.